The quantitative estimate of drug-likeness (QED) is 0.820. The summed E-state index contributed by atoms with van der Waals surface area (Å²) in [4.78, 5) is 0.100. The normalized spacial score (nSPS) is 11.9. The van der Waals surface area contributed by atoms with Crippen molar-refractivity contribution < 1.29 is 13.5 Å². The SMILES string of the molecule is CCC(CC)CNS(=O)(=O)c1cccc(O)c1. The first-order chi connectivity index (χ1) is 7.99. The number of rotatable bonds is 6. The Morgan fingerprint density at radius 2 is 1.94 bits per heavy atom. The molecule has 0 saturated carbocycles. The molecule has 0 amide bonds. The molecular formula is C12H19NO3S. The molecule has 0 heterocycles. The van der Waals surface area contributed by atoms with Crippen LogP contribution in [0, 0.1) is 5.92 Å². The van der Waals surface area contributed by atoms with Crippen molar-refractivity contribution in [2.45, 2.75) is 31.6 Å². The first-order valence-electron chi connectivity index (χ1n) is 5.78. The van der Waals surface area contributed by atoms with Crippen LogP contribution in [0.4, 0.5) is 0 Å². The number of sulfonamides is 1. The zero-order valence-electron chi connectivity index (χ0n) is 10.2. The first kappa shape index (κ1) is 14.0. The molecule has 17 heavy (non-hydrogen) atoms. The topological polar surface area (TPSA) is 66.4 Å². The van der Waals surface area contributed by atoms with Crippen molar-refractivity contribution in [1.82, 2.24) is 4.72 Å². The third kappa shape index (κ3) is 4.02. The lowest BCUT2D eigenvalue weighted by Gasteiger charge is -2.13. The average Bonchev–Trinajstić information content (AvgIpc) is 2.30. The summed E-state index contributed by atoms with van der Waals surface area (Å²) in [5, 5.41) is 9.25. The average molecular weight is 257 g/mol. The maximum atomic E-state index is 11.9. The van der Waals surface area contributed by atoms with E-state index in [-0.39, 0.29) is 10.6 Å². The molecule has 0 aliphatic heterocycles. The molecule has 0 aliphatic carbocycles. The van der Waals surface area contributed by atoms with E-state index in [4.69, 9.17) is 0 Å². The Morgan fingerprint density at radius 3 is 2.47 bits per heavy atom. The fraction of sp³-hybridized carbons (Fsp3) is 0.500. The highest BCUT2D eigenvalue weighted by atomic mass is 32.2. The van der Waals surface area contributed by atoms with E-state index in [0.717, 1.165) is 12.8 Å². The standard InChI is InChI=1S/C12H19NO3S/c1-3-10(4-2)9-13-17(15,16)12-7-5-6-11(14)8-12/h5-8,10,13-14H,3-4,9H2,1-2H3. The second-order valence-corrected chi connectivity index (χ2v) is 5.80. The van der Waals surface area contributed by atoms with Crippen LogP contribution in [-0.4, -0.2) is 20.1 Å². The van der Waals surface area contributed by atoms with E-state index < -0.39 is 10.0 Å². The zero-order chi connectivity index (χ0) is 12.9. The van der Waals surface area contributed by atoms with E-state index >= 15 is 0 Å². The summed E-state index contributed by atoms with van der Waals surface area (Å²) in [6, 6.07) is 5.67. The summed E-state index contributed by atoms with van der Waals surface area (Å²) in [5.74, 6) is 0.303. The molecule has 1 aromatic carbocycles. The van der Waals surface area contributed by atoms with Crippen LogP contribution >= 0.6 is 0 Å². The molecule has 1 aromatic rings. The van der Waals surface area contributed by atoms with Crippen molar-refractivity contribution >= 4 is 10.0 Å². The maximum absolute atomic E-state index is 11.9. The van der Waals surface area contributed by atoms with Gasteiger partial charge in [-0.1, -0.05) is 32.8 Å². The minimum atomic E-state index is -3.51. The molecule has 1 rings (SSSR count). The molecule has 4 nitrogen and oxygen atoms in total. The van der Waals surface area contributed by atoms with Crippen LogP contribution in [0.1, 0.15) is 26.7 Å². The molecule has 0 saturated heterocycles. The van der Waals surface area contributed by atoms with Gasteiger partial charge in [0.05, 0.1) is 4.90 Å². The van der Waals surface area contributed by atoms with E-state index in [1.165, 1.54) is 24.3 Å². The largest absolute Gasteiger partial charge is 0.508 e. The Hall–Kier alpha value is -1.07. The predicted octanol–water partition coefficient (Wildman–Crippen LogP) is 2.11. The van der Waals surface area contributed by atoms with Gasteiger partial charge in [0.25, 0.3) is 0 Å². The molecule has 0 atom stereocenters. The lowest BCUT2D eigenvalue weighted by Crippen LogP contribution is -2.29. The van der Waals surface area contributed by atoms with Gasteiger partial charge in [0, 0.05) is 6.54 Å². The van der Waals surface area contributed by atoms with Crippen molar-refractivity contribution in [1.29, 1.82) is 0 Å². The van der Waals surface area contributed by atoms with Gasteiger partial charge in [-0.2, -0.15) is 0 Å². The van der Waals surface area contributed by atoms with E-state index in [1.54, 1.807) is 0 Å². The summed E-state index contributed by atoms with van der Waals surface area (Å²) in [5.41, 5.74) is 0. The Balaban J connectivity index is 2.76. The van der Waals surface area contributed by atoms with E-state index in [0.29, 0.717) is 12.5 Å². The van der Waals surface area contributed by atoms with Gasteiger partial charge >= 0.3 is 0 Å². The molecular weight excluding hydrogens is 238 g/mol. The second-order valence-electron chi connectivity index (χ2n) is 4.03. The number of nitrogens with one attached hydrogen (secondary N) is 1. The Morgan fingerprint density at radius 1 is 1.29 bits per heavy atom. The van der Waals surface area contributed by atoms with Gasteiger partial charge in [-0.05, 0) is 24.1 Å². The number of aromatic hydroxyl groups is 1. The minimum Gasteiger partial charge on any atom is -0.508 e. The van der Waals surface area contributed by atoms with Crippen LogP contribution in [0.25, 0.3) is 0 Å². The van der Waals surface area contributed by atoms with Gasteiger partial charge in [0.15, 0.2) is 0 Å². The highest BCUT2D eigenvalue weighted by Crippen LogP contribution is 2.16. The smallest absolute Gasteiger partial charge is 0.240 e. The van der Waals surface area contributed by atoms with Crippen molar-refractivity contribution in [3.05, 3.63) is 24.3 Å². The van der Waals surface area contributed by atoms with Crippen LogP contribution in [0.15, 0.2) is 29.2 Å². The van der Waals surface area contributed by atoms with Gasteiger partial charge < -0.3 is 5.11 Å². The van der Waals surface area contributed by atoms with Crippen LogP contribution in [0.3, 0.4) is 0 Å². The van der Waals surface area contributed by atoms with Crippen molar-refractivity contribution in [2.75, 3.05) is 6.54 Å². The summed E-state index contributed by atoms with van der Waals surface area (Å²) in [7, 11) is -3.51. The summed E-state index contributed by atoms with van der Waals surface area (Å²) in [6.07, 6.45) is 1.89. The number of hydrogen-bond donors (Lipinski definition) is 2. The van der Waals surface area contributed by atoms with E-state index in [9.17, 15) is 13.5 Å². The minimum absolute atomic E-state index is 0.0459. The van der Waals surface area contributed by atoms with Crippen LogP contribution in [0.5, 0.6) is 5.75 Å². The second kappa shape index (κ2) is 6.02. The zero-order valence-corrected chi connectivity index (χ0v) is 11.0. The number of phenols is 1. The molecule has 96 valence electrons. The highest BCUT2D eigenvalue weighted by molar-refractivity contribution is 7.89. The summed E-state index contributed by atoms with van der Waals surface area (Å²) in [6.45, 7) is 4.51. The van der Waals surface area contributed by atoms with Gasteiger partial charge in [0.2, 0.25) is 10.0 Å². The molecule has 0 spiro atoms. The van der Waals surface area contributed by atoms with Gasteiger partial charge in [-0.3, -0.25) is 0 Å². The molecule has 0 fully saturated rings. The number of phenolic OH excluding ortho intramolecular Hbond substituents is 1. The Bertz CT molecular complexity index is 453. The number of hydrogen-bond acceptors (Lipinski definition) is 3. The third-order valence-corrected chi connectivity index (χ3v) is 4.27. The molecule has 5 heteroatoms. The van der Waals surface area contributed by atoms with Crippen molar-refractivity contribution in [3.63, 3.8) is 0 Å². The number of benzene rings is 1. The molecule has 0 aromatic heterocycles. The van der Waals surface area contributed by atoms with Gasteiger partial charge in [-0.25, -0.2) is 13.1 Å². The molecule has 2 N–H and O–H groups in total. The van der Waals surface area contributed by atoms with E-state index in [1.807, 2.05) is 13.8 Å². The van der Waals surface area contributed by atoms with Gasteiger partial charge in [0.1, 0.15) is 5.75 Å². The monoisotopic (exact) mass is 257 g/mol. The fourth-order valence-corrected chi connectivity index (χ4v) is 2.69. The fourth-order valence-electron chi connectivity index (χ4n) is 1.54. The summed E-state index contributed by atoms with van der Waals surface area (Å²) >= 11 is 0. The summed E-state index contributed by atoms with van der Waals surface area (Å²) < 4.78 is 26.4. The first-order valence-corrected chi connectivity index (χ1v) is 7.26. The van der Waals surface area contributed by atoms with Crippen LogP contribution < -0.4 is 4.72 Å². The van der Waals surface area contributed by atoms with Crippen molar-refractivity contribution in [3.8, 4) is 5.75 Å². The predicted molar refractivity (Wildman–Crippen MR) is 67.4 cm³/mol. The molecule has 0 bridgehead atoms. The Kier molecular flexibility index (Phi) is 4.96. The highest BCUT2D eigenvalue weighted by Gasteiger charge is 2.15. The molecule has 0 radical (unpaired) electrons. The third-order valence-electron chi connectivity index (χ3n) is 2.84. The molecule has 0 unspecified atom stereocenters. The van der Waals surface area contributed by atoms with Crippen LogP contribution in [0.2, 0.25) is 0 Å². The Labute approximate surface area is 103 Å². The lowest BCUT2D eigenvalue weighted by atomic mass is 10.0. The lowest BCUT2D eigenvalue weighted by molar-refractivity contribution is 0.470. The maximum Gasteiger partial charge on any atom is 0.240 e. The van der Waals surface area contributed by atoms with Crippen LogP contribution in [-0.2, 0) is 10.0 Å². The van der Waals surface area contributed by atoms with Gasteiger partial charge in [-0.15, -0.1) is 0 Å². The molecule has 0 aliphatic rings. The van der Waals surface area contributed by atoms with Crippen molar-refractivity contribution in [2.24, 2.45) is 5.92 Å². The van der Waals surface area contributed by atoms with E-state index in [2.05, 4.69) is 4.72 Å².